The van der Waals surface area contributed by atoms with Gasteiger partial charge in [0.25, 0.3) is 0 Å². The molecule has 0 aromatic heterocycles. The predicted molar refractivity (Wildman–Crippen MR) is 341 cm³/mol. The first-order valence-corrected chi connectivity index (χ1v) is 31.0. The monoisotopic (exact) mass is 1380 g/mol. The van der Waals surface area contributed by atoms with Gasteiger partial charge in [-0.1, -0.05) is 364 Å². The van der Waals surface area contributed by atoms with Gasteiger partial charge in [-0.2, -0.15) is 0 Å². The number of halogens is 4. The average molecular weight is 1390 g/mol. The Morgan fingerprint density at radius 2 is 0.173 bits per heavy atom. The number of benzene rings is 12. The number of hydrogen-bond donors (Lipinski definition) is 0. The van der Waals surface area contributed by atoms with Crippen LogP contribution in [0.25, 0.3) is 0 Å². The Labute approximate surface area is 525 Å². The standard InChI is InChI=1S/4C18H15P.4ClH.Pt/c4*1-4-10-16(11-5-1)19(17-12-6-2-7-13-17)18-14-8-3-9-15-18;;;;;/h4*1-15H;4*1H;/q;;;;;;;;+4/p-4. The molecule has 0 aliphatic heterocycles. The van der Waals surface area contributed by atoms with E-state index < -0.39 is 31.7 Å². The van der Waals surface area contributed by atoms with Gasteiger partial charge in [0, 0.05) is 0 Å². The van der Waals surface area contributed by atoms with Crippen LogP contribution in [0.1, 0.15) is 0 Å². The predicted octanol–water partition coefficient (Wildman–Crippen LogP) is 1.79. The molecule has 0 aliphatic rings. The van der Waals surface area contributed by atoms with Crippen LogP contribution in [0, 0.1) is 0 Å². The molecule has 0 spiro atoms. The Hall–Kier alpha value is -5.79. The first-order valence-electron chi connectivity index (χ1n) is 25.6. The maximum atomic E-state index is 2.23. The molecule has 0 amide bonds. The molecule has 0 aliphatic carbocycles. The molecule has 12 aromatic carbocycles. The van der Waals surface area contributed by atoms with Crippen molar-refractivity contribution in [2.75, 3.05) is 0 Å². The van der Waals surface area contributed by atoms with E-state index in [1.807, 2.05) is 0 Å². The molecule has 0 saturated heterocycles. The van der Waals surface area contributed by atoms with Crippen molar-refractivity contribution in [2.24, 2.45) is 0 Å². The number of rotatable bonds is 12. The maximum absolute atomic E-state index is 2.23. The van der Waals surface area contributed by atoms with E-state index in [9.17, 15) is 0 Å². The van der Waals surface area contributed by atoms with Crippen LogP contribution in [-0.4, -0.2) is 0 Å². The van der Waals surface area contributed by atoms with Crippen LogP contribution < -0.4 is 113 Å². The largest absolute Gasteiger partial charge is 4.00 e. The third-order valence-electron chi connectivity index (χ3n) is 12.2. The molecule has 12 rings (SSSR count). The van der Waals surface area contributed by atoms with Gasteiger partial charge in [-0.3, -0.25) is 0 Å². The normalized spacial score (nSPS) is 9.93. The van der Waals surface area contributed by atoms with Gasteiger partial charge in [-0.15, -0.1) is 0 Å². The van der Waals surface area contributed by atoms with Crippen LogP contribution in [0.4, 0.5) is 0 Å². The molecule has 0 unspecified atom stereocenters. The second kappa shape index (κ2) is 38.1. The van der Waals surface area contributed by atoms with Crippen LogP contribution in [0.3, 0.4) is 0 Å². The maximum Gasteiger partial charge on any atom is 4.00 e. The molecular weight excluding hydrogens is 1330 g/mol. The van der Waals surface area contributed by atoms with Crippen LogP contribution in [0.15, 0.2) is 364 Å². The van der Waals surface area contributed by atoms with Crippen molar-refractivity contribution in [1.29, 1.82) is 0 Å². The summed E-state index contributed by atoms with van der Waals surface area (Å²) in [6, 6.07) is 129. The first kappa shape index (κ1) is 67.7. The van der Waals surface area contributed by atoms with Crippen molar-refractivity contribution >= 4 is 95.3 Å². The van der Waals surface area contributed by atoms with Crippen molar-refractivity contribution in [3.63, 3.8) is 0 Å². The first-order chi connectivity index (χ1) is 37.8. The third kappa shape index (κ3) is 20.3. The van der Waals surface area contributed by atoms with E-state index >= 15 is 0 Å². The van der Waals surface area contributed by atoms with Gasteiger partial charge < -0.3 is 49.6 Å². The summed E-state index contributed by atoms with van der Waals surface area (Å²) in [5.41, 5.74) is 0. The second-order valence-corrected chi connectivity index (χ2v) is 26.2. The molecule has 0 radical (unpaired) electrons. The van der Waals surface area contributed by atoms with E-state index in [1.54, 1.807) is 0 Å². The van der Waals surface area contributed by atoms with Crippen molar-refractivity contribution in [3.05, 3.63) is 364 Å². The van der Waals surface area contributed by atoms with Gasteiger partial charge in [-0.05, 0) is 95.3 Å². The Kier molecular flexibility index (Phi) is 31.8. The summed E-state index contributed by atoms with van der Waals surface area (Å²) in [6.07, 6.45) is 0. The minimum Gasteiger partial charge on any atom is -1.00 e. The average Bonchev–Trinajstić information content (AvgIpc) is 3.52. The Balaban J connectivity index is 0.000000228. The minimum atomic E-state index is -0.446. The van der Waals surface area contributed by atoms with E-state index in [4.69, 9.17) is 0 Å². The topological polar surface area (TPSA) is 0 Å². The van der Waals surface area contributed by atoms with E-state index in [0.29, 0.717) is 0 Å². The van der Waals surface area contributed by atoms with Crippen LogP contribution >= 0.6 is 31.7 Å². The zero-order chi connectivity index (χ0) is 51.7. The zero-order valence-electron chi connectivity index (χ0n) is 44.3. The Morgan fingerprint density at radius 1 is 0.111 bits per heavy atom. The summed E-state index contributed by atoms with van der Waals surface area (Å²) in [5, 5.41) is 16.8. The van der Waals surface area contributed by atoms with E-state index in [-0.39, 0.29) is 70.7 Å². The quantitative estimate of drug-likeness (QED) is 0.164. The molecular formula is C72H60Cl4P4Pt. The number of hydrogen-bond acceptors (Lipinski definition) is 0. The van der Waals surface area contributed by atoms with E-state index in [0.717, 1.165) is 0 Å². The summed E-state index contributed by atoms with van der Waals surface area (Å²) < 4.78 is 0. The Bertz CT molecular complexity index is 2600. The molecule has 406 valence electrons. The molecule has 0 atom stereocenters. The fourth-order valence-electron chi connectivity index (χ4n) is 8.71. The smallest absolute Gasteiger partial charge is 1.00 e. The Morgan fingerprint density at radius 3 is 0.235 bits per heavy atom. The van der Waals surface area contributed by atoms with Crippen molar-refractivity contribution < 1.29 is 70.7 Å². The van der Waals surface area contributed by atoms with E-state index in [2.05, 4.69) is 364 Å². The van der Waals surface area contributed by atoms with Crippen molar-refractivity contribution in [3.8, 4) is 0 Å². The SMILES string of the molecule is [Cl-].[Cl-].[Cl-].[Cl-].[Pt+4].c1ccc(P(c2ccccc2)c2ccccc2)cc1.c1ccc(P(c2ccccc2)c2ccccc2)cc1.c1ccc(P(c2ccccc2)c2ccccc2)cc1.c1ccc(P(c2ccccc2)c2ccccc2)cc1. The molecule has 0 bridgehead atoms. The van der Waals surface area contributed by atoms with Gasteiger partial charge in [0.1, 0.15) is 0 Å². The van der Waals surface area contributed by atoms with Gasteiger partial charge in [-0.25, -0.2) is 0 Å². The fraction of sp³-hybridized carbons (Fsp3) is 0. The van der Waals surface area contributed by atoms with Crippen LogP contribution in [-0.2, 0) is 21.1 Å². The molecule has 0 N–H and O–H groups in total. The van der Waals surface area contributed by atoms with Crippen LogP contribution in [0.2, 0.25) is 0 Å². The molecule has 9 heteroatoms. The summed E-state index contributed by atoms with van der Waals surface area (Å²) in [6.45, 7) is 0. The molecule has 0 heterocycles. The van der Waals surface area contributed by atoms with Gasteiger partial charge in [0.05, 0.1) is 0 Å². The molecule has 0 nitrogen and oxygen atoms in total. The van der Waals surface area contributed by atoms with Crippen molar-refractivity contribution in [2.45, 2.75) is 0 Å². The summed E-state index contributed by atoms with van der Waals surface area (Å²) in [7, 11) is -1.78. The summed E-state index contributed by atoms with van der Waals surface area (Å²) >= 11 is 0. The van der Waals surface area contributed by atoms with Gasteiger partial charge >= 0.3 is 21.1 Å². The van der Waals surface area contributed by atoms with Gasteiger partial charge in [0.15, 0.2) is 0 Å². The van der Waals surface area contributed by atoms with Crippen molar-refractivity contribution in [1.82, 2.24) is 0 Å². The zero-order valence-corrected chi connectivity index (χ0v) is 53.1. The second-order valence-electron chi connectivity index (χ2n) is 17.4. The van der Waals surface area contributed by atoms with Crippen LogP contribution in [0.5, 0.6) is 0 Å². The minimum absolute atomic E-state index is 0. The fourth-order valence-corrected chi connectivity index (χ4v) is 17.9. The summed E-state index contributed by atoms with van der Waals surface area (Å²) in [4.78, 5) is 0. The summed E-state index contributed by atoms with van der Waals surface area (Å²) in [5.74, 6) is 0. The molecule has 12 aromatic rings. The van der Waals surface area contributed by atoms with E-state index in [1.165, 1.54) is 63.7 Å². The van der Waals surface area contributed by atoms with Gasteiger partial charge in [0.2, 0.25) is 0 Å². The third-order valence-corrected chi connectivity index (χ3v) is 21.9. The molecule has 81 heavy (non-hydrogen) atoms. The molecule has 0 fully saturated rings. The molecule has 0 saturated carbocycles.